The molecule has 35 heavy (non-hydrogen) atoms. The highest BCUT2D eigenvalue weighted by Gasteiger charge is 2.37. The third-order valence-electron chi connectivity index (χ3n) is 6.54. The molecule has 6 nitrogen and oxygen atoms in total. The van der Waals surface area contributed by atoms with Gasteiger partial charge in [0, 0.05) is 28.8 Å². The van der Waals surface area contributed by atoms with E-state index in [1.165, 1.54) is 12.1 Å². The second kappa shape index (κ2) is 8.63. The predicted octanol–water partition coefficient (Wildman–Crippen LogP) is 5.20. The molecule has 1 aliphatic rings. The van der Waals surface area contributed by atoms with E-state index >= 15 is 0 Å². The van der Waals surface area contributed by atoms with E-state index in [1.807, 2.05) is 0 Å². The summed E-state index contributed by atoms with van der Waals surface area (Å²) in [5.41, 5.74) is 0.230. The Hall–Kier alpha value is -2.92. The molecule has 4 rings (SSSR count). The number of carboxylic acid groups (broad SMARTS) is 1. The zero-order valence-corrected chi connectivity index (χ0v) is 19.6. The van der Waals surface area contributed by atoms with Crippen molar-refractivity contribution in [3.8, 4) is 0 Å². The lowest BCUT2D eigenvalue weighted by Gasteiger charge is -2.30. The van der Waals surface area contributed by atoms with Gasteiger partial charge in [-0.25, -0.2) is 12.8 Å². The van der Waals surface area contributed by atoms with Gasteiger partial charge in [-0.1, -0.05) is 12.1 Å². The van der Waals surface area contributed by atoms with E-state index in [2.05, 4.69) is 0 Å². The van der Waals surface area contributed by atoms with E-state index in [1.54, 1.807) is 11.5 Å². The summed E-state index contributed by atoms with van der Waals surface area (Å²) in [6.45, 7) is 1.64. The summed E-state index contributed by atoms with van der Waals surface area (Å²) in [5.74, 6) is -2.57. The number of alkyl halides is 3. The Morgan fingerprint density at radius 3 is 2.34 bits per heavy atom. The van der Waals surface area contributed by atoms with Crippen LogP contribution < -0.4 is 0 Å². The van der Waals surface area contributed by atoms with Crippen molar-refractivity contribution in [2.24, 2.45) is 0 Å². The number of sulfone groups is 1. The largest absolute Gasteiger partial charge is 0.481 e. The van der Waals surface area contributed by atoms with Crippen molar-refractivity contribution in [1.29, 1.82) is 0 Å². The Kier molecular flexibility index (Phi) is 6.21. The number of nitrogens with zero attached hydrogens (tertiary/aromatic N) is 1. The second-order valence-corrected chi connectivity index (χ2v) is 10.9. The van der Waals surface area contributed by atoms with Crippen LogP contribution in [0.25, 0.3) is 10.9 Å². The first-order chi connectivity index (χ1) is 16.2. The van der Waals surface area contributed by atoms with E-state index < -0.39 is 51.4 Å². The molecule has 0 saturated heterocycles. The molecule has 0 aliphatic heterocycles. The normalized spacial score (nSPS) is 19.5. The number of aliphatic hydroxyl groups is 1. The molecule has 1 heterocycles. The highest BCUT2D eigenvalue weighted by molar-refractivity contribution is 7.91. The van der Waals surface area contributed by atoms with Crippen molar-refractivity contribution in [3.05, 3.63) is 64.6 Å². The van der Waals surface area contributed by atoms with Gasteiger partial charge in [0.1, 0.15) is 5.82 Å². The molecule has 0 spiro atoms. The van der Waals surface area contributed by atoms with E-state index in [0.717, 1.165) is 30.5 Å². The number of carbonyl (C=O) groups is 1. The minimum absolute atomic E-state index is 0.0858. The Morgan fingerprint density at radius 1 is 1.17 bits per heavy atom. The molecule has 3 aromatic rings. The summed E-state index contributed by atoms with van der Waals surface area (Å²) in [5, 5.41) is 20.4. The quantitative estimate of drug-likeness (QED) is 0.458. The fourth-order valence-electron chi connectivity index (χ4n) is 5.02. The molecule has 1 aromatic heterocycles. The highest BCUT2D eigenvalue weighted by Crippen LogP contribution is 2.48. The Morgan fingerprint density at radius 2 is 1.80 bits per heavy atom. The van der Waals surface area contributed by atoms with Gasteiger partial charge in [-0.3, -0.25) is 4.79 Å². The van der Waals surface area contributed by atoms with Gasteiger partial charge in [-0.2, -0.15) is 13.2 Å². The first-order valence-electron chi connectivity index (χ1n) is 10.8. The lowest BCUT2D eigenvalue weighted by Crippen LogP contribution is -2.22. The van der Waals surface area contributed by atoms with Gasteiger partial charge in [-0.05, 0) is 49.6 Å². The van der Waals surface area contributed by atoms with Crippen molar-refractivity contribution in [3.63, 3.8) is 0 Å². The van der Waals surface area contributed by atoms with Crippen LogP contribution in [0.4, 0.5) is 17.6 Å². The van der Waals surface area contributed by atoms with Crippen molar-refractivity contribution >= 4 is 26.7 Å². The molecule has 3 atom stereocenters. The molecule has 11 heteroatoms. The van der Waals surface area contributed by atoms with E-state index in [0.29, 0.717) is 11.3 Å². The fourth-order valence-corrected chi connectivity index (χ4v) is 5.90. The number of aliphatic carboxylic acids is 1. The van der Waals surface area contributed by atoms with Crippen LogP contribution in [-0.2, 0) is 20.8 Å². The number of aromatic nitrogens is 1. The standard InChI is InChI=1S/C24H23F4NO5S/c1-12(13-3-6-15(7-4-13)24(26,27)28)29-22-14(9-20(31)32)5-8-18(30)21(22)17-10-16(25)11-19(23(17)29)35(2,33)34/h3-4,6-7,10-12,14,18,30H,5,8-9H2,1-2H3,(H,31,32)/t12-,14+,18-/m0/s1. The van der Waals surface area contributed by atoms with Crippen LogP contribution in [0.15, 0.2) is 41.3 Å². The molecule has 0 unspecified atom stereocenters. The maximum atomic E-state index is 14.6. The first-order valence-corrected chi connectivity index (χ1v) is 12.7. The molecule has 2 N–H and O–H groups in total. The molecule has 188 valence electrons. The van der Waals surface area contributed by atoms with Crippen LogP contribution in [0.1, 0.15) is 66.6 Å². The summed E-state index contributed by atoms with van der Waals surface area (Å²) < 4.78 is 80.6. The summed E-state index contributed by atoms with van der Waals surface area (Å²) >= 11 is 0. The molecule has 0 amide bonds. The SMILES string of the molecule is C[C@@H](c1ccc(C(F)(F)F)cc1)n1c2c(c3cc(F)cc(S(C)(=O)=O)c31)[C@@H](O)CC[C@@H]2CC(=O)O. The maximum Gasteiger partial charge on any atom is 0.416 e. The second-order valence-electron chi connectivity index (χ2n) is 8.92. The van der Waals surface area contributed by atoms with Crippen LogP contribution in [0, 0.1) is 5.82 Å². The Bertz CT molecular complexity index is 1410. The van der Waals surface area contributed by atoms with Gasteiger partial charge in [0.2, 0.25) is 0 Å². The zero-order chi connectivity index (χ0) is 25.9. The first kappa shape index (κ1) is 25.2. The average molecular weight is 514 g/mol. The van der Waals surface area contributed by atoms with E-state index in [9.17, 15) is 41.0 Å². The summed E-state index contributed by atoms with van der Waals surface area (Å²) in [7, 11) is -3.98. The minimum atomic E-state index is -4.54. The zero-order valence-electron chi connectivity index (χ0n) is 18.8. The van der Waals surface area contributed by atoms with Crippen molar-refractivity contribution in [2.75, 3.05) is 6.26 Å². The predicted molar refractivity (Wildman–Crippen MR) is 119 cm³/mol. The summed E-state index contributed by atoms with van der Waals surface area (Å²) in [6, 6.07) is 5.55. The van der Waals surface area contributed by atoms with E-state index in [4.69, 9.17) is 0 Å². The molecule has 2 aromatic carbocycles. The number of benzene rings is 2. The monoisotopic (exact) mass is 513 g/mol. The number of aliphatic hydroxyl groups excluding tert-OH is 1. The highest BCUT2D eigenvalue weighted by atomic mass is 32.2. The lowest BCUT2D eigenvalue weighted by atomic mass is 9.82. The van der Waals surface area contributed by atoms with Gasteiger partial charge in [-0.15, -0.1) is 0 Å². The minimum Gasteiger partial charge on any atom is -0.481 e. The van der Waals surface area contributed by atoms with Gasteiger partial charge < -0.3 is 14.8 Å². The van der Waals surface area contributed by atoms with Crippen LogP contribution in [0.3, 0.4) is 0 Å². The molecule has 0 saturated carbocycles. The Balaban J connectivity index is 2.07. The summed E-state index contributed by atoms with van der Waals surface area (Å²) in [6.07, 6.45) is -4.55. The summed E-state index contributed by atoms with van der Waals surface area (Å²) in [4.78, 5) is 11.3. The molecular formula is C24H23F4NO5S. The van der Waals surface area contributed by atoms with Crippen molar-refractivity contribution in [2.45, 2.75) is 55.3 Å². The topological polar surface area (TPSA) is 96.6 Å². The molecular weight excluding hydrogens is 490 g/mol. The van der Waals surface area contributed by atoms with Gasteiger partial charge >= 0.3 is 12.1 Å². The third-order valence-corrected chi connectivity index (χ3v) is 7.65. The number of halogens is 4. The lowest BCUT2D eigenvalue weighted by molar-refractivity contribution is -0.138. The maximum absolute atomic E-state index is 14.6. The van der Waals surface area contributed by atoms with Gasteiger partial charge in [0.05, 0.1) is 34.5 Å². The number of hydrogen-bond acceptors (Lipinski definition) is 4. The van der Waals surface area contributed by atoms with Gasteiger partial charge in [0.25, 0.3) is 0 Å². The van der Waals surface area contributed by atoms with Crippen LogP contribution >= 0.6 is 0 Å². The van der Waals surface area contributed by atoms with Crippen LogP contribution in [0.2, 0.25) is 0 Å². The van der Waals surface area contributed by atoms with Gasteiger partial charge in [0.15, 0.2) is 9.84 Å². The van der Waals surface area contributed by atoms with Crippen molar-refractivity contribution < 1.29 is 41.0 Å². The third kappa shape index (κ3) is 4.54. The smallest absolute Gasteiger partial charge is 0.416 e. The number of carboxylic acids is 1. The van der Waals surface area contributed by atoms with Crippen LogP contribution in [-0.4, -0.2) is 35.4 Å². The fraction of sp³-hybridized carbons (Fsp3) is 0.375. The molecule has 0 bridgehead atoms. The molecule has 0 fully saturated rings. The molecule has 1 aliphatic carbocycles. The van der Waals surface area contributed by atoms with Crippen molar-refractivity contribution in [1.82, 2.24) is 4.57 Å². The van der Waals surface area contributed by atoms with E-state index in [-0.39, 0.29) is 40.6 Å². The Labute approximate surface area is 198 Å². The van der Waals surface area contributed by atoms with Crippen LogP contribution in [0.5, 0.6) is 0 Å². The average Bonchev–Trinajstić information content (AvgIpc) is 3.09. The number of rotatable bonds is 5. The molecule has 0 radical (unpaired) electrons. The number of fused-ring (bicyclic) bond motifs is 3. The number of hydrogen-bond donors (Lipinski definition) is 2.